The van der Waals surface area contributed by atoms with Crippen LogP contribution in [0.3, 0.4) is 0 Å². The molecule has 1 aliphatic heterocycles. The van der Waals surface area contributed by atoms with Crippen molar-refractivity contribution in [1.29, 1.82) is 0 Å². The first kappa shape index (κ1) is 13.9. The molecule has 2 rings (SSSR count). The number of carbonyl (C=O) groups is 1. The summed E-state index contributed by atoms with van der Waals surface area (Å²) in [6.45, 7) is 10.9. The Hall–Kier alpha value is -0.570. The molecule has 1 aliphatic carbocycles. The lowest BCUT2D eigenvalue weighted by molar-refractivity contribution is -0.140. The molecule has 0 aromatic carbocycles. The minimum absolute atomic E-state index is 0.337. The van der Waals surface area contributed by atoms with Gasteiger partial charge in [-0.3, -0.25) is 9.69 Å². The van der Waals surface area contributed by atoms with Gasteiger partial charge in [0.15, 0.2) is 0 Å². The Balaban J connectivity index is 1.86. The highest BCUT2D eigenvalue weighted by Crippen LogP contribution is 2.28. The summed E-state index contributed by atoms with van der Waals surface area (Å²) in [7, 11) is 0. The van der Waals surface area contributed by atoms with Gasteiger partial charge in [0.1, 0.15) is 0 Å². The molecule has 0 spiro atoms. The van der Waals surface area contributed by atoms with Crippen molar-refractivity contribution in [3.63, 3.8) is 0 Å². The first-order chi connectivity index (χ1) is 8.58. The smallest absolute Gasteiger partial charge is 0.226 e. The summed E-state index contributed by atoms with van der Waals surface area (Å²) >= 11 is 0. The lowest BCUT2D eigenvalue weighted by Crippen LogP contribution is -2.55. The zero-order chi connectivity index (χ0) is 13.1. The molecule has 3 nitrogen and oxygen atoms in total. The topological polar surface area (TPSA) is 23.6 Å². The molecule has 0 aromatic rings. The summed E-state index contributed by atoms with van der Waals surface area (Å²) in [6, 6.07) is 0.394. The summed E-state index contributed by atoms with van der Waals surface area (Å²) in [5.41, 5.74) is 0. The molecular formula is C15H28N2O. The highest BCUT2D eigenvalue weighted by molar-refractivity contribution is 5.79. The monoisotopic (exact) mass is 252 g/mol. The van der Waals surface area contributed by atoms with Crippen LogP contribution in [0.4, 0.5) is 0 Å². The molecule has 0 bridgehead atoms. The summed E-state index contributed by atoms with van der Waals surface area (Å²) < 4.78 is 0. The van der Waals surface area contributed by atoms with Gasteiger partial charge in [0.05, 0.1) is 0 Å². The summed E-state index contributed by atoms with van der Waals surface area (Å²) in [4.78, 5) is 17.1. The molecule has 1 saturated heterocycles. The summed E-state index contributed by atoms with van der Waals surface area (Å²) in [6.07, 6.45) is 4.74. The van der Waals surface area contributed by atoms with Crippen molar-refractivity contribution in [2.75, 3.05) is 26.2 Å². The lowest BCUT2D eigenvalue weighted by Gasteiger charge is -2.41. The van der Waals surface area contributed by atoms with E-state index in [2.05, 4.69) is 30.6 Å². The fraction of sp³-hybridized carbons (Fsp3) is 0.933. The highest BCUT2D eigenvalue weighted by Gasteiger charge is 2.32. The second-order valence-electron chi connectivity index (χ2n) is 6.52. The van der Waals surface area contributed by atoms with Crippen LogP contribution >= 0.6 is 0 Å². The number of amides is 1. The van der Waals surface area contributed by atoms with Crippen molar-refractivity contribution in [3.05, 3.63) is 0 Å². The van der Waals surface area contributed by atoms with Gasteiger partial charge in [-0.25, -0.2) is 0 Å². The molecule has 0 unspecified atom stereocenters. The van der Waals surface area contributed by atoms with Crippen LogP contribution in [0.5, 0.6) is 0 Å². The van der Waals surface area contributed by atoms with Gasteiger partial charge in [-0.15, -0.1) is 0 Å². The van der Waals surface area contributed by atoms with Gasteiger partial charge in [-0.1, -0.05) is 26.7 Å². The molecule has 1 amide bonds. The third-order valence-electron chi connectivity index (χ3n) is 4.32. The summed E-state index contributed by atoms with van der Waals surface area (Å²) in [5, 5.41) is 0. The quantitative estimate of drug-likeness (QED) is 0.770. The van der Waals surface area contributed by atoms with Crippen molar-refractivity contribution < 1.29 is 4.79 Å². The van der Waals surface area contributed by atoms with Crippen molar-refractivity contribution >= 4 is 5.91 Å². The molecule has 0 radical (unpaired) electrons. The van der Waals surface area contributed by atoms with E-state index in [4.69, 9.17) is 0 Å². The Morgan fingerprint density at radius 3 is 2.44 bits per heavy atom. The largest absolute Gasteiger partial charge is 0.337 e. The molecule has 1 heterocycles. The summed E-state index contributed by atoms with van der Waals surface area (Å²) in [5.74, 6) is 1.49. The number of nitrogens with zero attached hydrogens (tertiary/aromatic N) is 2. The van der Waals surface area contributed by atoms with Gasteiger partial charge in [-0.05, 0) is 25.7 Å². The Kier molecular flexibility index (Phi) is 4.66. The molecule has 0 aromatic heterocycles. The number of hydrogen-bond acceptors (Lipinski definition) is 2. The fourth-order valence-corrected chi connectivity index (χ4v) is 3.45. The van der Waals surface area contributed by atoms with E-state index in [1.165, 1.54) is 12.8 Å². The van der Waals surface area contributed by atoms with Crippen molar-refractivity contribution in [2.24, 2.45) is 11.8 Å². The first-order valence-electron chi connectivity index (χ1n) is 7.60. The van der Waals surface area contributed by atoms with Crippen LogP contribution < -0.4 is 0 Å². The number of rotatable bonds is 3. The standard InChI is InChI=1S/C15H28N2O/c1-12(2)10-16-8-9-17(13(3)11-16)15(18)14-6-4-5-7-14/h12-14H,4-11H2,1-3H3/t13-/m0/s1. The zero-order valence-electron chi connectivity index (χ0n) is 12.2. The number of piperazine rings is 1. The van der Waals surface area contributed by atoms with E-state index in [9.17, 15) is 4.79 Å². The minimum atomic E-state index is 0.337. The lowest BCUT2D eigenvalue weighted by atomic mass is 10.0. The van der Waals surface area contributed by atoms with Crippen molar-refractivity contribution in [1.82, 2.24) is 9.80 Å². The maximum atomic E-state index is 12.4. The van der Waals surface area contributed by atoms with Crippen LogP contribution in [0.15, 0.2) is 0 Å². The van der Waals surface area contributed by atoms with Gasteiger partial charge < -0.3 is 4.90 Å². The molecule has 0 N–H and O–H groups in total. The van der Waals surface area contributed by atoms with E-state index in [1.54, 1.807) is 0 Å². The maximum absolute atomic E-state index is 12.4. The second kappa shape index (κ2) is 6.05. The molecule has 104 valence electrons. The normalized spacial score (nSPS) is 27.1. The number of carbonyl (C=O) groups excluding carboxylic acids is 1. The second-order valence-corrected chi connectivity index (χ2v) is 6.52. The Morgan fingerprint density at radius 1 is 1.22 bits per heavy atom. The minimum Gasteiger partial charge on any atom is -0.337 e. The van der Waals surface area contributed by atoms with E-state index < -0.39 is 0 Å². The fourth-order valence-electron chi connectivity index (χ4n) is 3.45. The maximum Gasteiger partial charge on any atom is 0.226 e. The Bertz CT molecular complexity index is 284. The van der Waals surface area contributed by atoms with Crippen molar-refractivity contribution in [2.45, 2.75) is 52.5 Å². The van der Waals surface area contributed by atoms with E-state index in [1.807, 2.05) is 0 Å². The first-order valence-corrected chi connectivity index (χ1v) is 7.60. The number of hydrogen-bond donors (Lipinski definition) is 0. The average molecular weight is 252 g/mol. The van der Waals surface area contributed by atoms with Crippen molar-refractivity contribution in [3.8, 4) is 0 Å². The highest BCUT2D eigenvalue weighted by atomic mass is 16.2. The predicted molar refractivity (Wildman–Crippen MR) is 74.4 cm³/mol. The van der Waals surface area contributed by atoms with Gasteiger partial charge in [0.25, 0.3) is 0 Å². The Labute approximate surface area is 112 Å². The molecule has 3 heteroatoms. The Morgan fingerprint density at radius 2 is 1.89 bits per heavy atom. The third kappa shape index (κ3) is 3.25. The molecule has 2 fully saturated rings. The SMILES string of the molecule is CC(C)CN1CCN(C(=O)C2CCCC2)[C@@H](C)C1. The van der Waals surface area contributed by atoms with E-state index in [0.29, 0.717) is 23.8 Å². The van der Waals surface area contributed by atoms with Gasteiger partial charge in [0.2, 0.25) is 5.91 Å². The zero-order valence-corrected chi connectivity index (χ0v) is 12.2. The molecule has 1 saturated carbocycles. The van der Waals surface area contributed by atoms with Gasteiger partial charge >= 0.3 is 0 Å². The van der Waals surface area contributed by atoms with E-state index >= 15 is 0 Å². The van der Waals surface area contributed by atoms with Gasteiger partial charge in [0, 0.05) is 38.1 Å². The van der Waals surface area contributed by atoms with Crippen LogP contribution in [-0.2, 0) is 4.79 Å². The van der Waals surface area contributed by atoms with E-state index in [-0.39, 0.29) is 0 Å². The van der Waals surface area contributed by atoms with Crippen LogP contribution in [0, 0.1) is 11.8 Å². The molecule has 2 aliphatic rings. The third-order valence-corrected chi connectivity index (χ3v) is 4.32. The van der Waals surface area contributed by atoms with Crippen LogP contribution in [0.2, 0.25) is 0 Å². The van der Waals surface area contributed by atoms with E-state index in [0.717, 1.165) is 39.0 Å². The molecule has 1 atom stereocenters. The molecule has 18 heavy (non-hydrogen) atoms. The van der Waals surface area contributed by atoms with Gasteiger partial charge in [-0.2, -0.15) is 0 Å². The predicted octanol–water partition coefficient (Wildman–Crippen LogP) is 2.37. The van der Waals surface area contributed by atoms with Crippen LogP contribution in [0.25, 0.3) is 0 Å². The molecular weight excluding hydrogens is 224 g/mol. The van der Waals surface area contributed by atoms with Crippen LogP contribution in [-0.4, -0.2) is 47.9 Å². The average Bonchev–Trinajstić information content (AvgIpc) is 2.80. The van der Waals surface area contributed by atoms with Crippen LogP contribution in [0.1, 0.15) is 46.5 Å².